The van der Waals surface area contributed by atoms with Gasteiger partial charge in [-0.25, -0.2) is 4.39 Å². The first-order valence-electron chi connectivity index (χ1n) is 15.0. The number of fused-ring (bicyclic) bond motifs is 1. The van der Waals surface area contributed by atoms with Gasteiger partial charge in [0.2, 0.25) is 0 Å². The van der Waals surface area contributed by atoms with Crippen LogP contribution in [0.2, 0.25) is 0 Å². The largest absolute Gasteiger partial charge is 0.386 e. The van der Waals surface area contributed by atoms with Gasteiger partial charge in [-0.05, 0) is 84.4 Å². The van der Waals surface area contributed by atoms with E-state index in [0.29, 0.717) is 4.88 Å². The van der Waals surface area contributed by atoms with E-state index >= 15 is 4.39 Å². The van der Waals surface area contributed by atoms with Crippen LogP contribution in [0.25, 0.3) is 52.2 Å². The Balaban J connectivity index is 0.00000188. The Kier molecular flexibility index (Phi) is 9.38. The highest BCUT2D eigenvalue weighted by Crippen LogP contribution is 2.40. The van der Waals surface area contributed by atoms with Crippen molar-refractivity contribution in [2.24, 2.45) is 0 Å². The fourth-order valence-electron chi connectivity index (χ4n) is 5.78. The standard InChI is InChI=1S/C37H33FN2S2.C2H6/c1-7-29-33(35(39-6)32-20-30(38)37(42-32)22(3)16-25-13-9-8-12-21(25)2)24(5)40-34(29)31-17-23(4)36(41-31)28-18-26-14-10-11-15-27(26)19-28;1-2/h7-18,20,39-40H,1,5,19H2,2-4,6H3;1-2H3/b22-16+,35-33-;. The Bertz CT molecular complexity index is 2030. The van der Waals surface area contributed by atoms with Gasteiger partial charge >= 0.3 is 0 Å². The molecule has 0 spiro atoms. The van der Waals surface area contributed by atoms with Crippen molar-refractivity contribution < 1.29 is 4.39 Å². The maximum Gasteiger partial charge on any atom is 0.142 e. The summed E-state index contributed by atoms with van der Waals surface area (Å²) in [6.45, 7) is 18.7. The predicted molar refractivity (Wildman–Crippen MR) is 194 cm³/mol. The number of halogens is 1. The van der Waals surface area contributed by atoms with Crippen LogP contribution < -0.4 is 15.9 Å². The van der Waals surface area contributed by atoms with Crippen molar-refractivity contribution in [1.82, 2.24) is 10.3 Å². The lowest BCUT2D eigenvalue weighted by molar-refractivity contribution is 0.630. The first kappa shape index (κ1) is 31.2. The first-order valence-corrected chi connectivity index (χ1v) is 16.6. The summed E-state index contributed by atoms with van der Waals surface area (Å²) >= 11 is 3.24. The summed E-state index contributed by atoms with van der Waals surface area (Å²) in [5.41, 5.74) is 11.2. The van der Waals surface area contributed by atoms with Crippen molar-refractivity contribution in [3.8, 4) is 10.6 Å². The molecule has 3 aromatic heterocycles. The number of benzene rings is 2. The fraction of sp³-hybridized carbons (Fsp3) is 0.179. The molecule has 2 aromatic carbocycles. The number of aryl methyl sites for hydroxylation is 2. The van der Waals surface area contributed by atoms with Gasteiger partial charge in [-0.2, -0.15) is 0 Å². The van der Waals surface area contributed by atoms with E-state index in [9.17, 15) is 0 Å². The second kappa shape index (κ2) is 13.2. The Labute approximate surface area is 268 Å². The number of aromatic nitrogens is 1. The Morgan fingerprint density at radius 2 is 1.73 bits per heavy atom. The molecule has 0 fully saturated rings. The van der Waals surface area contributed by atoms with E-state index in [0.717, 1.165) is 60.4 Å². The number of nitrogens with one attached hydrogen (secondary N) is 2. The van der Waals surface area contributed by atoms with E-state index in [1.54, 1.807) is 17.4 Å². The molecule has 3 heterocycles. The number of thiophene rings is 2. The highest BCUT2D eigenvalue weighted by atomic mass is 32.1. The van der Waals surface area contributed by atoms with Crippen LogP contribution in [0.1, 0.15) is 68.8 Å². The van der Waals surface area contributed by atoms with E-state index in [4.69, 9.17) is 0 Å². The molecule has 44 heavy (non-hydrogen) atoms. The van der Waals surface area contributed by atoms with E-state index in [1.807, 2.05) is 46.0 Å². The molecule has 0 saturated heterocycles. The second-order valence-electron chi connectivity index (χ2n) is 10.7. The van der Waals surface area contributed by atoms with Crippen molar-refractivity contribution in [3.63, 3.8) is 0 Å². The van der Waals surface area contributed by atoms with Gasteiger partial charge in [0.25, 0.3) is 0 Å². The van der Waals surface area contributed by atoms with Crippen molar-refractivity contribution in [2.75, 3.05) is 7.05 Å². The van der Waals surface area contributed by atoms with E-state index in [-0.39, 0.29) is 5.82 Å². The Hall–Kier alpha value is -4.19. The van der Waals surface area contributed by atoms with Gasteiger partial charge in [-0.1, -0.05) is 87.7 Å². The Morgan fingerprint density at radius 3 is 2.43 bits per heavy atom. The molecule has 1 aliphatic carbocycles. The minimum Gasteiger partial charge on any atom is -0.386 e. The van der Waals surface area contributed by atoms with Gasteiger partial charge in [-0.3, -0.25) is 0 Å². The highest BCUT2D eigenvalue weighted by Gasteiger charge is 2.21. The molecule has 0 radical (unpaired) electrons. The number of aromatic amines is 1. The van der Waals surface area contributed by atoms with Gasteiger partial charge in [0.1, 0.15) is 5.82 Å². The molecule has 5 heteroatoms. The molecular weight excluding hydrogens is 580 g/mol. The average Bonchev–Trinajstić information content (AvgIpc) is 3.80. The third-order valence-electron chi connectivity index (χ3n) is 7.89. The number of rotatable bonds is 7. The van der Waals surface area contributed by atoms with Crippen LogP contribution >= 0.6 is 22.7 Å². The number of H-pyrrole nitrogens is 1. The van der Waals surface area contributed by atoms with Gasteiger partial charge in [0.15, 0.2) is 0 Å². The van der Waals surface area contributed by atoms with Crippen LogP contribution in [-0.4, -0.2) is 12.0 Å². The minimum absolute atomic E-state index is 0.226. The minimum atomic E-state index is -0.226. The van der Waals surface area contributed by atoms with Crippen molar-refractivity contribution in [1.29, 1.82) is 0 Å². The van der Waals surface area contributed by atoms with Crippen LogP contribution in [-0.2, 0) is 6.42 Å². The molecule has 2 N–H and O–H groups in total. The quantitative estimate of drug-likeness (QED) is 0.187. The lowest BCUT2D eigenvalue weighted by Crippen LogP contribution is -2.30. The average molecular weight is 619 g/mol. The molecule has 5 aromatic rings. The van der Waals surface area contributed by atoms with E-state index in [2.05, 4.69) is 91.9 Å². The van der Waals surface area contributed by atoms with Gasteiger partial charge in [0, 0.05) is 28.1 Å². The van der Waals surface area contributed by atoms with Crippen molar-refractivity contribution >= 4 is 64.3 Å². The maximum absolute atomic E-state index is 15.4. The highest BCUT2D eigenvalue weighted by molar-refractivity contribution is 7.16. The predicted octanol–water partition coefficient (Wildman–Crippen LogP) is 9.67. The zero-order valence-electron chi connectivity index (χ0n) is 26.3. The molecule has 224 valence electrons. The molecule has 0 amide bonds. The number of hydrogen-bond donors (Lipinski definition) is 2. The molecule has 0 saturated carbocycles. The van der Waals surface area contributed by atoms with Crippen LogP contribution in [0.3, 0.4) is 0 Å². The van der Waals surface area contributed by atoms with E-state index < -0.39 is 0 Å². The molecule has 6 rings (SSSR count). The van der Waals surface area contributed by atoms with Gasteiger partial charge in [-0.15, -0.1) is 22.7 Å². The molecule has 0 unspecified atom stereocenters. The van der Waals surface area contributed by atoms with Crippen molar-refractivity contribution in [2.45, 2.75) is 41.0 Å². The molecule has 0 bridgehead atoms. The summed E-state index contributed by atoms with van der Waals surface area (Å²) in [6.07, 6.45) is 7.19. The molecule has 0 atom stereocenters. The third kappa shape index (κ3) is 5.82. The lowest BCUT2D eigenvalue weighted by atomic mass is 10.1. The SMILES string of the molecule is C=Cc1c(-c2cc(C)c(C3=Cc4ccccc4C3)s2)[nH]c(=C)/c1=C(/NC)c1cc(F)c(/C(C)=C/c2ccccc2C)s1.CC. The summed E-state index contributed by atoms with van der Waals surface area (Å²) in [6, 6.07) is 20.6. The topological polar surface area (TPSA) is 27.8 Å². The first-order chi connectivity index (χ1) is 21.3. The molecule has 2 nitrogen and oxygen atoms in total. The summed E-state index contributed by atoms with van der Waals surface area (Å²) in [7, 11) is 1.87. The van der Waals surface area contributed by atoms with E-state index in [1.165, 1.54) is 38.5 Å². The zero-order chi connectivity index (χ0) is 31.5. The van der Waals surface area contributed by atoms with Crippen LogP contribution in [0.15, 0.2) is 67.2 Å². The zero-order valence-corrected chi connectivity index (χ0v) is 28.0. The van der Waals surface area contributed by atoms with Crippen molar-refractivity contribution in [3.05, 3.63) is 132 Å². The molecule has 0 aliphatic heterocycles. The summed E-state index contributed by atoms with van der Waals surface area (Å²) < 4.78 is 15.4. The lowest BCUT2D eigenvalue weighted by Gasteiger charge is -2.05. The van der Waals surface area contributed by atoms with Gasteiger partial charge in [0.05, 0.1) is 26.0 Å². The van der Waals surface area contributed by atoms with Crippen LogP contribution in [0.4, 0.5) is 4.39 Å². The summed E-state index contributed by atoms with van der Waals surface area (Å²) in [5.74, 6) is -0.226. The van der Waals surface area contributed by atoms with Gasteiger partial charge < -0.3 is 10.3 Å². The normalized spacial score (nSPS) is 13.2. The Morgan fingerprint density at radius 1 is 1.00 bits per heavy atom. The molecule has 1 aliphatic rings. The van der Waals surface area contributed by atoms with Crippen LogP contribution in [0.5, 0.6) is 0 Å². The maximum atomic E-state index is 15.4. The second-order valence-corrected chi connectivity index (χ2v) is 12.8. The summed E-state index contributed by atoms with van der Waals surface area (Å²) in [5, 5.41) is 5.04. The summed E-state index contributed by atoms with van der Waals surface area (Å²) in [4.78, 5) is 7.43. The number of hydrogen-bond acceptors (Lipinski definition) is 3. The van der Waals surface area contributed by atoms with Crippen LogP contribution in [0, 0.1) is 19.7 Å². The number of allylic oxidation sites excluding steroid dienone is 2. The molecular formula is C39H39FN2S2. The monoisotopic (exact) mass is 618 g/mol. The fourth-order valence-corrected chi connectivity index (χ4v) is 8.05. The third-order valence-corrected chi connectivity index (χ3v) is 10.5. The smallest absolute Gasteiger partial charge is 0.142 e.